The van der Waals surface area contributed by atoms with Crippen LogP contribution in [0.25, 0.3) is 0 Å². The fourth-order valence-electron chi connectivity index (χ4n) is 2.56. The summed E-state index contributed by atoms with van der Waals surface area (Å²) in [6.07, 6.45) is 5.65. The minimum atomic E-state index is 0.328. The molecule has 1 fully saturated rings. The highest BCUT2D eigenvalue weighted by Crippen LogP contribution is 2.26. The van der Waals surface area contributed by atoms with Gasteiger partial charge < -0.3 is 9.84 Å². The minimum absolute atomic E-state index is 0.328. The highest BCUT2D eigenvalue weighted by Gasteiger charge is 2.21. The van der Waals surface area contributed by atoms with Crippen molar-refractivity contribution in [2.45, 2.75) is 51.7 Å². The molecule has 2 rings (SSSR count). The van der Waals surface area contributed by atoms with Crippen LogP contribution < -0.4 is 0 Å². The first-order chi connectivity index (χ1) is 8.72. The summed E-state index contributed by atoms with van der Waals surface area (Å²) in [4.78, 5) is 0. The van der Waals surface area contributed by atoms with E-state index in [1.54, 1.807) is 0 Å². The number of aryl methyl sites for hydroxylation is 2. The molecule has 1 saturated carbocycles. The van der Waals surface area contributed by atoms with Gasteiger partial charge >= 0.3 is 0 Å². The lowest BCUT2D eigenvalue weighted by Gasteiger charge is -2.27. The van der Waals surface area contributed by atoms with Crippen LogP contribution in [0.4, 0.5) is 0 Å². The molecule has 1 aliphatic rings. The molecule has 18 heavy (non-hydrogen) atoms. The van der Waals surface area contributed by atoms with E-state index < -0.39 is 0 Å². The molecule has 0 aromatic carbocycles. The number of hydrogen-bond acceptors (Lipinski definition) is 3. The van der Waals surface area contributed by atoms with Gasteiger partial charge in [0.2, 0.25) is 0 Å². The van der Waals surface area contributed by atoms with Gasteiger partial charge in [0.1, 0.15) is 0 Å². The Bertz CT molecular complexity index is 368. The second kappa shape index (κ2) is 6.34. The molecule has 0 amide bonds. The normalized spacial score (nSPS) is 24.4. The standard InChI is InChI=1S/C14H24N2O2/c1-3-12-8-13(16(2)15-12)10-18-14-6-4-11(9-17)5-7-14/h8,11,14,17H,3-7,9-10H2,1-2H3. The zero-order valence-electron chi connectivity index (χ0n) is 11.4. The van der Waals surface area contributed by atoms with E-state index in [0.29, 0.717) is 25.2 Å². The highest BCUT2D eigenvalue weighted by molar-refractivity contribution is 5.09. The van der Waals surface area contributed by atoms with E-state index >= 15 is 0 Å². The van der Waals surface area contributed by atoms with Crippen molar-refractivity contribution in [3.05, 3.63) is 17.5 Å². The van der Waals surface area contributed by atoms with Gasteiger partial charge in [0, 0.05) is 13.7 Å². The monoisotopic (exact) mass is 252 g/mol. The first-order valence-electron chi connectivity index (χ1n) is 6.97. The molecule has 0 bridgehead atoms. The van der Waals surface area contributed by atoms with Crippen molar-refractivity contribution >= 4 is 0 Å². The second-order valence-corrected chi connectivity index (χ2v) is 5.24. The fourth-order valence-corrected chi connectivity index (χ4v) is 2.56. The van der Waals surface area contributed by atoms with Crippen LogP contribution in [0, 0.1) is 5.92 Å². The molecule has 102 valence electrons. The molecule has 1 aromatic rings. The average Bonchev–Trinajstić information content (AvgIpc) is 2.77. The van der Waals surface area contributed by atoms with Crippen LogP contribution in [0.15, 0.2) is 6.07 Å². The summed E-state index contributed by atoms with van der Waals surface area (Å²) >= 11 is 0. The Kier molecular flexibility index (Phi) is 4.78. The lowest BCUT2D eigenvalue weighted by molar-refractivity contribution is -0.00129. The Morgan fingerprint density at radius 1 is 1.39 bits per heavy atom. The van der Waals surface area contributed by atoms with Crippen molar-refractivity contribution in [2.75, 3.05) is 6.61 Å². The van der Waals surface area contributed by atoms with E-state index in [9.17, 15) is 0 Å². The third-order valence-corrected chi connectivity index (χ3v) is 3.91. The average molecular weight is 252 g/mol. The SMILES string of the molecule is CCc1cc(COC2CCC(CO)CC2)n(C)n1. The second-order valence-electron chi connectivity index (χ2n) is 5.24. The third kappa shape index (κ3) is 3.33. The smallest absolute Gasteiger partial charge is 0.0888 e. The molecule has 4 nitrogen and oxygen atoms in total. The van der Waals surface area contributed by atoms with Crippen molar-refractivity contribution in [3.8, 4) is 0 Å². The van der Waals surface area contributed by atoms with Crippen LogP contribution in [-0.4, -0.2) is 27.6 Å². The molecule has 0 radical (unpaired) electrons. The molecule has 1 N–H and O–H groups in total. The topological polar surface area (TPSA) is 47.3 Å². The molecule has 0 saturated heterocycles. The highest BCUT2D eigenvalue weighted by atomic mass is 16.5. The molecule has 0 unspecified atom stereocenters. The Hall–Kier alpha value is -0.870. The lowest BCUT2D eigenvalue weighted by Crippen LogP contribution is -2.23. The summed E-state index contributed by atoms with van der Waals surface area (Å²) in [6, 6.07) is 2.12. The lowest BCUT2D eigenvalue weighted by atomic mass is 9.88. The molecule has 0 aliphatic heterocycles. The third-order valence-electron chi connectivity index (χ3n) is 3.91. The molecule has 0 atom stereocenters. The largest absolute Gasteiger partial charge is 0.396 e. The predicted molar refractivity (Wildman–Crippen MR) is 70.2 cm³/mol. The maximum absolute atomic E-state index is 9.10. The fraction of sp³-hybridized carbons (Fsp3) is 0.786. The van der Waals surface area contributed by atoms with E-state index in [1.165, 1.54) is 0 Å². The molecular formula is C14H24N2O2. The van der Waals surface area contributed by atoms with Crippen LogP contribution in [0.1, 0.15) is 44.0 Å². The van der Waals surface area contributed by atoms with Crippen molar-refractivity contribution in [2.24, 2.45) is 13.0 Å². The maximum Gasteiger partial charge on any atom is 0.0888 e. The number of aliphatic hydroxyl groups excluding tert-OH is 1. The summed E-state index contributed by atoms with van der Waals surface area (Å²) in [5.41, 5.74) is 2.27. The Morgan fingerprint density at radius 2 is 2.11 bits per heavy atom. The van der Waals surface area contributed by atoms with Crippen molar-refractivity contribution in [3.63, 3.8) is 0 Å². The van der Waals surface area contributed by atoms with Crippen LogP contribution in [0.3, 0.4) is 0 Å². The van der Waals surface area contributed by atoms with Crippen LogP contribution in [-0.2, 0) is 24.8 Å². The Morgan fingerprint density at radius 3 is 2.67 bits per heavy atom. The maximum atomic E-state index is 9.10. The van der Waals surface area contributed by atoms with Gasteiger partial charge in [-0.2, -0.15) is 5.10 Å². The summed E-state index contributed by atoms with van der Waals surface area (Å²) in [5, 5.41) is 13.5. The molecule has 0 spiro atoms. The summed E-state index contributed by atoms with van der Waals surface area (Å²) < 4.78 is 7.87. The van der Waals surface area contributed by atoms with Gasteiger partial charge in [-0.15, -0.1) is 0 Å². The van der Waals surface area contributed by atoms with Gasteiger partial charge in [0.15, 0.2) is 0 Å². The Labute approximate surface area is 109 Å². The molecule has 1 aromatic heterocycles. The Balaban J connectivity index is 1.79. The first-order valence-corrected chi connectivity index (χ1v) is 6.97. The molecular weight excluding hydrogens is 228 g/mol. The zero-order valence-corrected chi connectivity index (χ0v) is 11.4. The van der Waals surface area contributed by atoms with Gasteiger partial charge in [-0.1, -0.05) is 6.92 Å². The summed E-state index contributed by atoms with van der Waals surface area (Å²) in [5.74, 6) is 0.494. The number of aromatic nitrogens is 2. The van der Waals surface area contributed by atoms with Gasteiger partial charge in [-0.3, -0.25) is 4.68 Å². The number of hydrogen-bond donors (Lipinski definition) is 1. The number of aliphatic hydroxyl groups is 1. The molecule has 4 heteroatoms. The van der Waals surface area contributed by atoms with Gasteiger partial charge in [0.25, 0.3) is 0 Å². The van der Waals surface area contributed by atoms with E-state index in [1.807, 2.05) is 11.7 Å². The first kappa shape index (κ1) is 13.6. The number of nitrogens with zero attached hydrogens (tertiary/aromatic N) is 2. The van der Waals surface area contributed by atoms with Gasteiger partial charge in [-0.05, 0) is 44.1 Å². The van der Waals surface area contributed by atoms with Gasteiger partial charge in [0.05, 0.1) is 24.1 Å². The predicted octanol–water partition coefficient (Wildman–Crippen LogP) is 2.05. The van der Waals surface area contributed by atoms with Crippen molar-refractivity contribution in [1.29, 1.82) is 0 Å². The molecule has 1 aliphatic carbocycles. The summed E-state index contributed by atoms with van der Waals surface area (Å²) in [7, 11) is 1.97. The summed E-state index contributed by atoms with van der Waals surface area (Å²) in [6.45, 7) is 3.09. The van der Waals surface area contributed by atoms with E-state index in [-0.39, 0.29) is 0 Å². The van der Waals surface area contributed by atoms with Crippen LogP contribution >= 0.6 is 0 Å². The molecule has 1 heterocycles. The van der Waals surface area contributed by atoms with Gasteiger partial charge in [-0.25, -0.2) is 0 Å². The van der Waals surface area contributed by atoms with Crippen molar-refractivity contribution in [1.82, 2.24) is 9.78 Å². The number of ether oxygens (including phenoxy) is 1. The zero-order chi connectivity index (χ0) is 13.0. The van der Waals surface area contributed by atoms with E-state index in [0.717, 1.165) is 43.5 Å². The van der Waals surface area contributed by atoms with Crippen molar-refractivity contribution < 1.29 is 9.84 Å². The van der Waals surface area contributed by atoms with Crippen LogP contribution in [0.2, 0.25) is 0 Å². The van der Waals surface area contributed by atoms with E-state index in [2.05, 4.69) is 18.1 Å². The van der Waals surface area contributed by atoms with E-state index in [4.69, 9.17) is 9.84 Å². The minimum Gasteiger partial charge on any atom is -0.396 e. The van der Waals surface area contributed by atoms with Crippen LogP contribution in [0.5, 0.6) is 0 Å². The number of rotatable bonds is 5. The quantitative estimate of drug-likeness (QED) is 0.872.